The molecular weight excluding hydrogens is 294 g/mol. The molecule has 21 heavy (non-hydrogen) atoms. The molecule has 0 bridgehead atoms. The summed E-state index contributed by atoms with van der Waals surface area (Å²) in [7, 11) is -3.58. The summed E-state index contributed by atoms with van der Waals surface area (Å²) in [5.74, 6) is -0.946. The fourth-order valence-electron chi connectivity index (χ4n) is 1.76. The zero-order chi connectivity index (χ0) is 15.7. The van der Waals surface area contributed by atoms with Crippen molar-refractivity contribution < 1.29 is 17.7 Å². The van der Waals surface area contributed by atoms with Gasteiger partial charge in [-0.3, -0.25) is 4.79 Å². The third-order valence-corrected chi connectivity index (χ3v) is 4.26. The van der Waals surface area contributed by atoms with E-state index in [-0.39, 0.29) is 5.89 Å². The van der Waals surface area contributed by atoms with Gasteiger partial charge in [-0.25, -0.2) is 8.42 Å². The second kappa shape index (κ2) is 8.76. The van der Waals surface area contributed by atoms with E-state index in [0.717, 1.165) is 25.7 Å². The maximum absolute atomic E-state index is 11.9. The van der Waals surface area contributed by atoms with Crippen molar-refractivity contribution in [2.75, 3.05) is 12.3 Å². The van der Waals surface area contributed by atoms with Crippen LogP contribution in [-0.4, -0.2) is 36.8 Å². The molecule has 1 amide bonds. The zero-order valence-corrected chi connectivity index (χ0v) is 13.4. The fourth-order valence-corrected chi connectivity index (χ4v) is 2.86. The number of sulfone groups is 1. The van der Waals surface area contributed by atoms with E-state index in [2.05, 4.69) is 22.4 Å². The third kappa shape index (κ3) is 7.22. The lowest BCUT2D eigenvalue weighted by atomic mass is 10.2. The number of amides is 1. The Morgan fingerprint density at radius 1 is 1.24 bits per heavy atom. The van der Waals surface area contributed by atoms with Crippen molar-refractivity contribution in [1.29, 1.82) is 0 Å². The van der Waals surface area contributed by atoms with Gasteiger partial charge in [0.2, 0.25) is 11.8 Å². The van der Waals surface area contributed by atoms with Gasteiger partial charge in [-0.2, -0.15) is 4.98 Å². The van der Waals surface area contributed by atoms with E-state index >= 15 is 0 Å². The van der Waals surface area contributed by atoms with Crippen molar-refractivity contribution in [3.63, 3.8) is 0 Å². The Morgan fingerprint density at radius 2 is 2.00 bits per heavy atom. The molecule has 0 spiro atoms. The molecule has 0 saturated carbocycles. The second-order valence-electron chi connectivity index (χ2n) is 4.90. The lowest BCUT2D eigenvalue weighted by Gasteiger charge is -2.05. The Hall–Kier alpha value is -1.44. The lowest BCUT2D eigenvalue weighted by Crippen LogP contribution is -2.31. The molecule has 1 N–H and O–H groups in total. The van der Waals surface area contributed by atoms with Gasteiger partial charge in [-0.05, 0) is 6.42 Å². The van der Waals surface area contributed by atoms with Gasteiger partial charge in [-0.1, -0.05) is 38.3 Å². The van der Waals surface area contributed by atoms with Crippen molar-refractivity contribution in [3.05, 3.63) is 11.7 Å². The van der Waals surface area contributed by atoms with Crippen LogP contribution in [0.3, 0.4) is 0 Å². The topological polar surface area (TPSA) is 102 Å². The van der Waals surface area contributed by atoms with Crippen molar-refractivity contribution in [2.24, 2.45) is 0 Å². The molecule has 1 heterocycles. The van der Waals surface area contributed by atoms with Crippen LogP contribution in [0.2, 0.25) is 0 Å². The Labute approximate surface area is 125 Å². The van der Waals surface area contributed by atoms with Gasteiger partial charge in [0.05, 0.1) is 0 Å². The number of carbonyl (C=O) groups is 1. The molecule has 1 rings (SSSR count). The van der Waals surface area contributed by atoms with E-state index in [1.165, 1.54) is 0 Å². The predicted octanol–water partition coefficient (Wildman–Crippen LogP) is 1.24. The first kappa shape index (κ1) is 17.6. The highest BCUT2D eigenvalue weighted by molar-refractivity contribution is 7.91. The van der Waals surface area contributed by atoms with Crippen LogP contribution in [0.4, 0.5) is 0 Å². The number of nitrogens with one attached hydrogen (secondary N) is 1. The van der Waals surface area contributed by atoms with E-state index < -0.39 is 27.3 Å². The molecule has 120 valence electrons. The summed E-state index contributed by atoms with van der Waals surface area (Å²) in [6.07, 6.45) is 4.70. The number of rotatable bonds is 10. The Balaban J connectivity index is 2.35. The van der Waals surface area contributed by atoms with Crippen LogP contribution in [0.5, 0.6) is 0 Å². The van der Waals surface area contributed by atoms with Crippen molar-refractivity contribution in [2.45, 2.75) is 51.7 Å². The Morgan fingerprint density at radius 3 is 2.62 bits per heavy atom. The molecule has 8 heteroatoms. The van der Waals surface area contributed by atoms with Gasteiger partial charge < -0.3 is 9.84 Å². The Kier molecular flexibility index (Phi) is 7.35. The molecule has 0 atom stereocenters. The van der Waals surface area contributed by atoms with E-state index in [0.29, 0.717) is 18.8 Å². The lowest BCUT2D eigenvalue weighted by molar-refractivity contribution is -0.118. The normalized spacial score (nSPS) is 11.5. The molecule has 0 radical (unpaired) electrons. The zero-order valence-electron chi connectivity index (χ0n) is 12.6. The van der Waals surface area contributed by atoms with Gasteiger partial charge in [-0.15, -0.1) is 0 Å². The van der Waals surface area contributed by atoms with Gasteiger partial charge in [0.1, 0.15) is 11.5 Å². The number of hydrogen-bond acceptors (Lipinski definition) is 6. The summed E-state index contributed by atoms with van der Waals surface area (Å²) in [5.41, 5.74) is 0. The summed E-state index contributed by atoms with van der Waals surface area (Å²) >= 11 is 0. The monoisotopic (exact) mass is 317 g/mol. The molecule has 0 fully saturated rings. The molecule has 0 aliphatic rings. The first-order valence-corrected chi connectivity index (χ1v) is 9.07. The smallest absolute Gasteiger partial charge is 0.241 e. The Bertz CT molecular complexity index is 539. The molecule has 0 aliphatic carbocycles. The van der Waals surface area contributed by atoms with Gasteiger partial charge in [0.15, 0.2) is 15.7 Å². The van der Waals surface area contributed by atoms with E-state index in [9.17, 15) is 13.2 Å². The van der Waals surface area contributed by atoms with Crippen molar-refractivity contribution in [1.82, 2.24) is 15.5 Å². The van der Waals surface area contributed by atoms with E-state index in [1.807, 2.05) is 6.92 Å². The van der Waals surface area contributed by atoms with Gasteiger partial charge >= 0.3 is 0 Å². The van der Waals surface area contributed by atoms with E-state index in [1.54, 1.807) is 0 Å². The van der Waals surface area contributed by atoms with Crippen molar-refractivity contribution >= 4 is 15.7 Å². The molecule has 1 aromatic heterocycles. The van der Waals surface area contributed by atoms with Crippen LogP contribution < -0.4 is 5.32 Å². The van der Waals surface area contributed by atoms with Crippen LogP contribution in [0, 0.1) is 0 Å². The number of nitrogens with zero attached hydrogens (tertiary/aromatic N) is 2. The van der Waals surface area contributed by atoms with E-state index in [4.69, 9.17) is 4.52 Å². The van der Waals surface area contributed by atoms with Crippen LogP contribution in [-0.2, 0) is 26.8 Å². The van der Waals surface area contributed by atoms with Gasteiger partial charge in [0.25, 0.3) is 0 Å². The highest BCUT2D eigenvalue weighted by Gasteiger charge is 2.20. The van der Waals surface area contributed by atoms with Crippen LogP contribution in [0.15, 0.2) is 4.52 Å². The number of aryl methyl sites for hydroxylation is 1. The minimum absolute atomic E-state index is 0.0302. The van der Waals surface area contributed by atoms with Crippen LogP contribution >= 0.6 is 0 Å². The average Bonchev–Trinajstić information content (AvgIpc) is 2.84. The number of aromatic nitrogens is 2. The SMILES string of the molecule is CCCCCCNC(=O)CS(=O)(=O)Cc1nc(CC)no1. The maximum atomic E-state index is 11.9. The summed E-state index contributed by atoms with van der Waals surface area (Å²) < 4.78 is 28.5. The first-order chi connectivity index (χ1) is 9.96. The maximum Gasteiger partial charge on any atom is 0.241 e. The molecule has 0 unspecified atom stereocenters. The quantitative estimate of drug-likeness (QED) is 0.651. The molecule has 7 nitrogen and oxygen atoms in total. The molecule has 1 aromatic rings. The third-order valence-electron chi connectivity index (χ3n) is 2.87. The van der Waals surface area contributed by atoms with Gasteiger partial charge in [0, 0.05) is 13.0 Å². The highest BCUT2D eigenvalue weighted by Crippen LogP contribution is 2.05. The summed E-state index contributed by atoms with van der Waals surface area (Å²) in [5, 5.41) is 6.24. The van der Waals surface area contributed by atoms with Crippen molar-refractivity contribution in [3.8, 4) is 0 Å². The fraction of sp³-hybridized carbons (Fsp3) is 0.769. The predicted molar refractivity (Wildman–Crippen MR) is 78.3 cm³/mol. The summed E-state index contributed by atoms with van der Waals surface area (Å²) in [6, 6.07) is 0. The second-order valence-corrected chi connectivity index (χ2v) is 6.97. The highest BCUT2D eigenvalue weighted by atomic mass is 32.2. The largest absolute Gasteiger partial charge is 0.355 e. The minimum Gasteiger partial charge on any atom is -0.355 e. The number of carbonyl (C=O) groups excluding carboxylic acids is 1. The van der Waals surface area contributed by atoms with Crippen LogP contribution in [0.25, 0.3) is 0 Å². The summed E-state index contributed by atoms with van der Waals surface area (Å²) in [4.78, 5) is 15.5. The molecule has 0 saturated heterocycles. The average molecular weight is 317 g/mol. The van der Waals surface area contributed by atoms with Crippen LogP contribution in [0.1, 0.15) is 51.2 Å². The standard InChI is InChI=1S/C13H23N3O4S/c1-3-5-6-7-8-14-12(17)9-21(18,19)10-13-15-11(4-2)16-20-13/h3-10H2,1-2H3,(H,14,17). The summed E-state index contributed by atoms with van der Waals surface area (Å²) in [6.45, 7) is 4.46. The minimum atomic E-state index is -3.58. The first-order valence-electron chi connectivity index (χ1n) is 7.25. The number of unbranched alkanes of at least 4 members (excludes halogenated alkanes) is 3. The molecule has 0 aliphatic heterocycles. The molecule has 0 aromatic carbocycles. The molecular formula is C13H23N3O4S. The number of hydrogen-bond donors (Lipinski definition) is 1.